The van der Waals surface area contributed by atoms with E-state index in [4.69, 9.17) is 0 Å². The van der Waals surface area contributed by atoms with Gasteiger partial charge in [0, 0.05) is 4.86 Å². The van der Waals surface area contributed by atoms with Gasteiger partial charge in [0.25, 0.3) is 0 Å². The maximum atomic E-state index is 10.3. The molecule has 0 unspecified atom stereocenters. The Labute approximate surface area is 125 Å². The summed E-state index contributed by atoms with van der Waals surface area (Å²) in [4.78, 5) is 17.4. The molecule has 0 radical (unpaired) electrons. The number of carboxylic acid groups (broad SMARTS) is 1. The molecule has 0 heterocycles. The number of carboxylic acids is 1. The summed E-state index contributed by atoms with van der Waals surface area (Å²) in [6, 6.07) is 0. The topological polar surface area (TPSA) is 40.1 Å². The van der Waals surface area contributed by atoms with Gasteiger partial charge in [-0.1, -0.05) is 51.7 Å². The van der Waals surface area contributed by atoms with Crippen molar-refractivity contribution < 1.29 is 9.90 Å². The van der Waals surface area contributed by atoms with Crippen LogP contribution < -0.4 is 5.11 Å². The molecule has 18 heavy (non-hydrogen) atoms. The summed E-state index contributed by atoms with van der Waals surface area (Å²) in [7, 11) is 0. The van der Waals surface area contributed by atoms with Crippen molar-refractivity contribution in [3.63, 3.8) is 0 Å². The second-order valence-corrected chi connectivity index (χ2v) is 14.6. The summed E-state index contributed by atoms with van der Waals surface area (Å²) in [5.74, 6) is -0.415. The quantitative estimate of drug-likeness (QED) is 0.368. The van der Waals surface area contributed by atoms with Gasteiger partial charge < -0.3 is 9.90 Å². The number of carbonyl (C=O) groups is 1. The Morgan fingerprint density at radius 2 is 1.56 bits per heavy atom. The first kappa shape index (κ1) is 20.7. The van der Waals surface area contributed by atoms with E-state index >= 15 is 0 Å². The zero-order chi connectivity index (χ0) is 14.6. The van der Waals surface area contributed by atoms with Crippen molar-refractivity contribution >= 4 is 42.8 Å². The van der Waals surface area contributed by atoms with Crippen molar-refractivity contribution in [2.45, 2.75) is 67.2 Å². The van der Waals surface area contributed by atoms with Gasteiger partial charge in [-0.2, -0.15) is 0 Å². The summed E-state index contributed by atoms with van der Waals surface area (Å²) < 4.78 is 0. The molecule has 0 aromatic heterocycles. The number of rotatable bonds is 8. The van der Waals surface area contributed by atoms with Gasteiger partial charge >= 0.3 is 34.6 Å². The second kappa shape index (κ2) is 13.8. The van der Waals surface area contributed by atoms with Crippen LogP contribution in [0.5, 0.6) is 0 Å². The Balaban J connectivity index is 0. The second-order valence-electron chi connectivity index (χ2n) is 5.56. The Morgan fingerprint density at radius 3 is 1.94 bits per heavy atom. The fourth-order valence-corrected chi connectivity index (χ4v) is 1.44. The summed E-state index contributed by atoms with van der Waals surface area (Å²) >= 11 is 4.09. The minimum absolute atomic E-state index is 0.0638. The number of carbonyl (C=O) groups excluding carboxylic acids is 1. The van der Waals surface area contributed by atoms with Crippen molar-refractivity contribution in [1.29, 1.82) is 0 Å². The third-order valence-corrected chi connectivity index (χ3v) is 2.53. The molecule has 0 saturated carbocycles. The molecule has 0 fully saturated rings. The molecule has 0 aliphatic carbocycles. The van der Waals surface area contributed by atoms with E-state index in [1.165, 1.54) is 19.3 Å². The molecule has 0 bridgehead atoms. The third-order valence-electron chi connectivity index (χ3n) is 2.16. The third kappa shape index (κ3) is 21.6. The van der Waals surface area contributed by atoms with Gasteiger partial charge in [-0.05, 0) is 18.8 Å². The fraction of sp³-hybridized carbons (Fsp3) is 0.857. The first-order valence-corrected chi connectivity index (χ1v) is 15.7. The van der Waals surface area contributed by atoms with Crippen LogP contribution in [0.25, 0.3) is 0 Å². The van der Waals surface area contributed by atoms with E-state index in [1.807, 2.05) is 0 Å². The molecule has 0 N–H and O–H groups in total. The number of aliphatic carboxylic acids is 1. The maximum absolute atomic E-state index is 10.3. The van der Waals surface area contributed by atoms with E-state index < -0.39 is 25.7 Å². The molecular weight excluding hydrogens is 351 g/mol. The molecule has 0 saturated heterocycles. The minimum atomic E-state index is -1.18. The molecule has 0 aliphatic heterocycles. The standard InChI is InChI=1S/C11H20O2S.3CH3.Sn/c1-9(2)7-5-3-4-6-8-10(14)11(12)13;;;;/h9H,3-8H2,1-2H3,(H,12,13);3*1H3;/q;;;;+1/p-1. The van der Waals surface area contributed by atoms with E-state index in [0.717, 1.165) is 18.8 Å². The van der Waals surface area contributed by atoms with E-state index in [2.05, 4.69) is 40.9 Å². The van der Waals surface area contributed by atoms with E-state index in [1.54, 1.807) is 0 Å². The average Bonchev–Trinajstić information content (AvgIpc) is 2.21. The van der Waals surface area contributed by atoms with Gasteiger partial charge in [0.2, 0.25) is 0 Å². The number of hydrogen-bond donors (Lipinski definition) is 0. The van der Waals surface area contributed by atoms with Crippen molar-refractivity contribution in [2.75, 3.05) is 0 Å². The molecule has 2 nitrogen and oxygen atoms in total. The fourth-order valence-electron chi connectivity index (χ4n) is 1.29. The SMILES string of the molecule is CC(C)CCCCCCC(=S)C(=O)[O-].[CH3][Sn+]([CH3])[CH3]. The molecule has 0 amide bonds. The van der Waals surface area contributed by atoms with Crippen LogP contribution in [-0.2, 0) is 4.79 Å². The zero-order valence-corrected chi connectivity index (χ0v) is 16.2. The van der Waals surface area contributed by atoms with Gasteiger partial charge in [-0.3, -0.25) is 0 Å². The van der Waals surface area contributed by atoms with Crippen LogP contribution in [0.1, 0.15) is 52.4 Å². The van der Waals surface area contributed by atoms with Crippen LogP contribution in [-0.4, -0.2) is 30.6 Å². The zero-order valence-electron chi connectivity index (χ0n) is 12.5. The molecular formula is C14H28O2SSn. The van der Waals surface area contributed by atoms with Gasteiger partial charge in [0.15, 0.2) is 0 Å². The Kier molecular flexibility index (Phi) is 15.8. The summed E-state index contributed by atoms with van der Waals surface area (Å²) in [5.41, 5.74) is 0. The molecule has 0 aromatic rings. The normalized spacial score (nSPS) is 9.67. The number of thiocarbonyl (C=S) groups is 1. The van der Waals surface area contributed by atoms with Crippen LogP contribution in [0.2, 0.25) is 14.8 Å². The molecule has 0 atom stereocenters. The Hall–Kier alpha value is 0.359. The van der Waals surface area contributed by atoms with Gasteiger partial charge in [0.05, 0.1) is 5.97 Å². The van der Waals surface area contributed by atoms with E-state index in [9.17, 15) is 9.90 Å². The summed E-state index contributed by atoms with van der Waals surface area (Å²) in [6.45, 7) is 4.43. The van der Waals surface area contributed by atoms with Crippen molar-refractivity contribution in [2.24, 2.45) is 5.92 Å². The molecule has 0 spiro atoms. The predicted octanol–water partition coefficient (Wildman–Crippen LogP) is 3.47. The van der Waals surface area contributed by atoms with Gasteiger partial charge in [-0.15, -0.1) is 0 Å². The molecule has 4 heteroatoms. The van der Waals surface area contributed by atoms with Crippen molar-refractivity contribution in [1.82, 2.24) is 0 Å². The van der Waals surface area contributed by atoms with Crippen LogP contribution in [0.3, 0.4) is 0 Å². The van der Waals surface area contributed by atoms with Crippen LogP contribution in [0.15, 0.2) is 0 Å². The Morgan fingerprint density at radius 1 is 1.11 bits per heavy atom. The van der Waals surface area contributed by atoms with Crippen LogP contribution in [0.4, 0.5) is 0 Å². The monoisotopic (exact) mass is 380 g/mol. The van der Waals surface area contributed by atoms with Crippen molar-refractivity contribution in [3.05, 3.63) is 0 Å². The first-order chi connectivity index (χ1) is 8.27. The van der Waals surface area contributed by atoms with Crippen LogP contribution in [0, 0.1) is 5.92 Å². The summed E-state index contributed by atoms with van der Waals surface area (Å²) in [5, 5.41) is 10.3. The van der Waals surface area contributed by atoms with E-state index in [-0.39, 0.29) is 4.86 Å². The predicted molar refractivity (Wildman–Crippen MR) is 83.5 cm³/mol. The molecule has 106 valence electrons. The number of unbranched alkanes of at least 4 members (excludes halogenated alkanes) is 3. The van der Waals surface area contributed by atoms with Gasteiger partial charge in [-0.25, -0.2) is 0 Å². The molecule has 0 aromatic carbocycles. The van der Waals surface area contributed by atoms with Crippen molar-refractivity contribution in [3.8, 4) is 0 Å². The molecule has 0 aliphatic rings. The number of hydrogen-bond acceptors (Lipinski definition) is 3. The summed E-state index contributed by atoms with van der Waals surface area (Å²) in [6.07, 6.45) is 6.11. The van der Waals surface area contributed by atoms with Gasteiger partial charge in [0.1, 0.15) is 0 Å². The first-order valence-electron chi connectivity index (χ1n) is 6.78. The Bertz CT molecular complexity index is 225. The average molecular weight is 379 g/mol. The van der Waals surface area contributed by atoms with Crippen LogP contribution >= 0.6 is 12.2 Å². The van der Waals surface area contributed by atoms with E-state index in [0.29, 0.717) is 6.42 Å². The molecule has 0 rings (SSSR count).